The van der Waals surface area contributed by atoms with Crippen LogP contribution in [0.4, 0.5) is 11.5 Å². The van der Waals surface area contributed by atoms with Gasteiger partial charge in [0.15, 0.2) is 5.82 Å². The van der Waals surface area contributed by atoms with Crippen LogP contribution in [0.2, 0.25) is 0 Å². The van der Waals surface area contributed by atoms with Gasteiger partial charge in [-0.3, -0.25) is 9.78 Å². The Bertz CT molecular complexity index is 875. The van der Waals surface area contributed by atoms with E-state index < -0.39 is 0 Å². The van der Waals surface area contributed by atoms with E-state index in [2.05, 4.69) is 25.4 Å². The number of carbonyl (C=O) groups excluding carboxylic acids is 1. The Morgan fingerprint density at radius 1 is 0.963 bits per heavy atom. The van der Waals surface area contributed by atoms with E-state index in [1.165, 1.54) is 0 Å². The molecule has 1 aliphatic rings. The van der Waals surface area contributed by atoms with Gasteiger partial charge in [0.2, 0.25) is 5.91 Å². The molecule has 1 amide bonds. The Labute approximate surface area is 158 Å². The zero-order valence-corrected chi connectivity index (χ0v) is 15.0. The van der Waals surface area contributed by atoms with Crippen LogP contribution in [-0.2, 0) is 4.79 Å². The molecule has 3 aromatic rings. The molecule has 6 nitrogen and oxygen atoms in total. The summed E-state index contributed by atoms with van der Waals surface area (Å²) in [4.78, 5) is 18.7. The van der Waals surface area contributed by atoms with Crippen LogP contribution in [0, 0.1) is 5.92 Å². The van der Waals surface area contributed by atoms with Gasteiger partial charge in [-0.25, -0.2) is 0 Å². The van der Waals surface area contributed by atoms with Crippen molar-refractivity contribution in [3.8, 4) is 11.3 Å². The fourth-order valence-corrected chi connectivity index (χ4v) is 3.30. The third-order valence-corrected chi connectivity index (χ3v) is 4.84. The number of hydrogen-bond donors (Lipinski definition) is 1. The van der Waals surface area contributed by atoms with Crippen molar-refractivity contribution in [1.82, 2.24) is 15.2 Å². The lowest BCUT2D eigenvalue weighted by atomic mass is 9.96. The van der Waals surface area contributed by atoms with Crippen molar-refractivity contribution in [2.24, 2.45) is 5.92 Å². The second-order valence-corrected chi connectivity index (χ2v) is 6.64. The summed E-state index contributed by atoms with van der Waals surface area (Å²) < 4.78 is 0. The van der Waals surface area contributed by atoms with E-state index in [0.717, 1.165) is 48.7 Å². The number of rotatable bonds is 4. The van der Waals surface area contributed by atoms with Crippen LogP contribution in [0.5, 0.6) is 0 Å². The lowest BCUT2D eigenvalue weighted by Crippen LogP contribution is -2.38. The predicted octanol–water partition coefficient (Wildman–Crippen LogP) is 3.39. The van der Waals surface area contributed by atoms with Gasteiger partial charge >= 0.3 is 0 Å². The quantitative estimate of drug-likeness (QED) is 0.773. The largest absolute Gasteiger partial charge is 0.355 e. The summed E-state index contributed by atoms with van der Waals surface area (Å²) in [6, 6.07) is 17.4. The molecular formula is C21H21N5O. The molecule has 27 heavy (non-hydrogen) atoms. The first-order valence-corrected chi connectivity index (χ1v) is 9.14. The number of nitrogens with zero attached hydrogens (tertiary/aromatic N) is 4. The van der Waals surface area contributed by atoms with Crippen LogP contribution in [-0.4, -0.2) is 34.2 Å². The molecule has 0 saturated carbocycles. The highest BCUT2D eigenvalue weighted by molar-refractivity contribution is 5.92. The number of benzene rings is 1. The Kier molecular flexibility index (Phi) is 5.05. The number of amides is 1. The minimum atomic E-state index is 0.0316. The molecule has 0 aliphatic carbocycles. The average molecular weight is 359 g/mol. The van der Waals surface area contributed by atoms with E-state index in [9.17, 15) is 4.79 Å². The van der Waals surface area contributed by atoms with Crippen molar-refractivity contribution < 1.29 is 4.79 Å². The topological polar surface area (TPSA) is 71.0 Å². The van der Waals surface area contributed by atoms with Crippen LogP contribution in [0.15, 0.2) is 67.0 Å². The molecule has 0 bridgehead atoms. The number of carbonyl (C=O) groups is 1. The monoisotopic (exact) mass is 359 g/mol. The van der Waals surface area contributed by atoms with Crippen molar-refractivity contribution in [3.05, 3.63) is 67.0 Å². The highest BCUT2D eigenvalue weighted by atomic mass is 16.1. The summed E-state index contributed by atoms with van der Waals surface area (Å²) in [6.45, 7) is 1.60. The summed E-state index contributed by atoms with van der Waals surface area (Å²) in [5.74, 6) is 0.979. The van der Waals surface area contributed by atoms with Crippen molar-refractivity contribution in [2.75, 3.05) is 23.3 Å². The minimum Gasteiger partial charge on any atom is -0.355 e. The standard InChI is InChI=1S/C21H21N5O/c27-21(23-18-6-2-1-3-7-18)16-10-13-26(14-11-16)20-9-8-19(24-25-20)17-5-4-12-22-15-17/h1-9,12,15-16H,10-11,13-14H2,(H,23,27). The summed E-state index contributed by atoms with van der Waals surface area (Å²) in [6.07, 6.45) is 5.14. The summed E-state index contributed by atoms with van der Waals surface area (Å²) in [7, 11) is 0. The van der Waals surface area contributed by atoms with Gasteiger partial charge in [0, 0.05) is 42.7 Å². The maximum Gasteiger partial charge on any atom is 0.227 e. The molecule has 0 radical (unpaired) electrons. The van der Waals surface area contributed by atoms with Gasteiger partial charge in [-0.15, -0.1) is 10.2 Å². The fourth-order valence-electron chi connectivity index (χ4n) is 3.30. The molecular weight excluding hydrogens is 338 g/mol. The summed E-state index contributed by atoms with van der Waals surface area (Å²) >= 11 is 0. The summed E-state index contributed by atoms with van der Waals surface area (Å²) in [5, 5.41) is 11.7. The van der Waals surface area contributed by atoms with Crippen LogP contribution >= 0.6 is 0 Å². The van der Waals surface area contributed by atoms with Gasteiger partial charge < -0.3 is 10.2 Å². The van der Waals surface area contributed by atoms with Crippen LogP contribution < -0.4 is 10.2 Å². The number of piperidine rings is 1. The van der Waals surface area contributed by atoms with Gasteiger partial charge in [0.05, 0.1) is 5.69 Å². The lowest BCUT2D eigenvalue weighted by Gasteiger charge is -2.31. The fraction of sp³-hybridized carbons (Fsp3) is 0.238. The van der Waals surface area contributed by atoms with Gasteiger partial charge in [-0.2, -0.15) is 0 Å². The van der Waals surface area contributed by atoms with Crippen molar-refractivity contribution in [1.29, 1.82) is 0 Å². The number of hydrogen-bond acceptors (Lipinski definition) is 5. The Morgan fingerprint density at radius 3 is 2.44 bits per heavy atom. The molecule has 1 fully saturated rings. The SMILES string of the molecule is O=C(Nc1ccccc1)C1CCN(c2ccc(-c3cccnc3)nn2)CC1. The molecule has 4 rings (SSSR count). The summed E-state index contributed by atoms with van der Waals surface area (Å²) in [5.41, 5.74) is 2.61. The van der Waals surface area contributed by atoms with Gasteiger partial charge in [0.1, 0.15) is 0 Å². The molecule has 0 atom stereocenters. The van der Waals surface area contributed by atoms with Crippen molar-refractivity contribution >= 4 is 17.4 Å². The molecule has 0 spiro atoms. The Hall–Kier alpha value is -3.28. The minimum absolute atomic E-state index is 0.0316. The third-order valence-electron chi connectivity index (χ3n) is 4.84. The van der Waals surface area contributed by atoms with E-state index in [4.69, 9.17) is 0 Å². The van der Waals surface area contributed by atoms with E-state index >= 15 is 0 Å². The van der Waals surface area contributed by atoms with Crippen molar-refractivity contribution in [3.63, 3.8) is 0 Å². The van der Waals surface area contributed by atoms with Crippen LogP contribution in [0.1, 0.15) is 12.8 Å². The molecule has 136 valence electrons. The normalized spacial score (nSPS) is 14.7. The molecule has 1 N–H and O–H groups in total. The number of aromatic nitrogens is 3. The Balaban J connectivity index is 1.34. The average Bonchev–Trinajstić information content (AvgIpc) is 2.75. The molecule has 3 heterocycles. The predicted molar refractivity (Wildman–Crippen MR) is 105 cm³/mol. The van der Waals surface area contributed by atoms with Crippen LogP contribution in [0.3, 0.4) is 0 Å². The van der Waals surface area contributed by atoms with Gasteiger partial charge in [-0.1, -0.05) is 18.2 Å². The van der Waals surface area contributed by atoms with E-state index in [1.54, 1.807) is 12.4 Å². The van der Waals surface area contributed by atoms with Crippen LogP contribution in [0.25, 0.3) is 11.3 Å². The zero-order chi connectivity index (χ0) is 18.5. The smallest absolute Gasteiger partial charge is 0.227 e. The molecule has 2 aromatic heterocycles. The molecule has 1 saturated heterocycles. The van der Waals surface area contributed by atoms with Crippen molar-refractivity contribution in [2.45, 2.75) is 12.8 Å². The Morgan fingerprint density at radius 2 is 1.78 bits per heavy atom. The maximum absolute atomic E-state index is 12.4. The third kappa shape index (κ3) is 4.11. The second-order valence-electron chi connectivity index (χ2n) is 6.64. The first-order valence-electron chi connectivity index (χ1n) is 9.14. The van der Waals surface area contributed by atoms with E-state index in [-0.39, 0.29) is 11.8 Å². The zero-order valence-electron chi connectivity index (χ0n) is 15.0. The second kappa shape index (κ2) is 7.95. The number of anilines is 2. The lowest BCUT2D eigenvalue weighted by molar-refractivity contribution is -0.120. The maximum atomic E-state index is 12.4. The van der Waals surface area contributed by atoms with E-state index in [0.29, 0.717) is 0 Å². The number of pyridine rings is 1. The highest BCUT2D eigenvalue weighted by Crippen LogP contribution is 2.24. The highest BCUT2D eigenvalue weighted by Gasteiger charge is 2.25. The number of nitrogens with one attached hydrogen (secondary N) is 1. The first-order chi connectivity index (χ1) is 13.3. The molecule has 1 aliphatic heterocycles. The van der Waals surface area contributed by atoms with Gasteiger partial charge in [0.25, 0.3) is 0 Å². The molecule has 6 heteroatoms. The molecule has 1 aromatic carbocycles. The molecule has 0 unspecified atom stereocenters. The first kappa shape index (κ1) is 17.1. The number of para-hydroxylation sites is 1. The van der Waals surface area contributed by atoms with Gasteiger partial charge in [-0.05, 0) is 49.2 Å². The van der Waals surface area contributed by atoms with E-state index in [1.807, 2.05) is 54.6 Å².